The van der Waals surface area contributed by atoms with Crippen molar-refractivity contribution in [3.63, 3.8) is 0 Å². The van der Waals surface area contributed by atoms with Gasteiger partial charge in [-0.2, -0.15) is 0 Å². The zero-order valence-electron chi connectivity index (χ0n) is 5.02. The summed E-state index contributed by atoms with van der Waals surface area (Å²) >= 11 is 0. The molecule has 2 rings (SSSR count). The van der Waals surface area contributed by atoms with Gasteiger partial charge in [-0.25, -0.2) is 5.73 Å². The molecule has 0 radical (unpaired) electrons. The van der Waals surface area contributed by atoms with Crippen molar-refractivity contribution in [3.05, 3.63) is 47.6 Å². The first-order valence-corrected chi connectivity index (χ1v) is 3.04. The van der Waals surface area contributed by atoms with Crippen LogP contribution >= 0.6 is 0 Å². The molecule has 0 bridgehead atoms. The quantitative estimate of drug-likeness (QED) is 0.333. The molecule has 2 aliphatic rings. The molecular weight excluding hydrogens is 108 g/mol. The lowest BCUT2D eigenvalue weighted by Crippen LogP contribution is -1.80. The van der Waals surface area contributed by atoms with E-state index in [4.69, 9.17) is 0 Å². The third-order valence-electron chi connectivity index (χ3n) is 1.54. The van der Waals surface area contributed by atoms with Gasteiger partial charge in [0.15, 0.2) is 0 Å². The summed E-state index contributed by atoms with van der Waals surface area (Å²) in [5, 5.41) is 0. The molecule has 0 saturated carbocycles. The Labute approximate surface area is 54.9 Å². The van der Waals surface area contributed by atoms with Crippen LogP contribution in [0.1, 0.15) is 6.42 Å². The van der Waals surface area contributed by atoms with Crippen LogP contribution in [0.4, 0.5) is 0 Å². The maximum absolute atomic E-state index is 3.13. The molecule has 0 aromatic rings. The summed E-state index contributed by atoms with van der Waals surface area (Å²) in [5.41, 5.74) is 5.56. The molecule has 0 aromatic heterocycles. The minimum Gasteiger partial charge on any atom is -0.250 e. The SMILES string of the molecule is C1=C[C-]=C2C[CH+]C=C2C=1. The van der Waals surface area contributed by atoms with Crippen molar-refractivity contribution in [3.8, 4) is 0 Å². The molecule has 0 heteroatoms. The fourth-order valence-electron chi connectivity index (χ4n) is 1.06. The molecule has 9 heavy (non-hydrogen) atoms. The maximum Gasteiger partial charge on any atom is 0.101 e. The van der Waals surface area contributed by atoms with Crippen LogP contribution in [0.15, 0.2) is 35.1 Å². The van der Waals surface area contributed by atoms with E-state index in [1.165, 1.54) is 11.1 Å². The van der Waals surface area contributed by atoms with E-state index in [2.05, 4.69) is 24.3 Å². The van der Waals surface area contributed by atoms with Crippen molar-refractivity contribution in [2.75, 3.05) is 0 Å². The Morgan fingerprint density at radius 2 is 2.67 bits per heavy atom. The predicted octanol–water partition coefficient (Wildman–Crippen LogP) is 1.98. The van der Waals surface area contributed by atoms with Gasteiger partial charge in [0, 0.05) is 18.1 Å². The lowest BCUT2D eigenvalue weighted by molar-refractivity contribution is 1.24. The highest BCUT2D eigenvalue weighted by atomic mass is 14.1. The van der Waals surface area contributed by atoms with Crippen molar-refractivity contribution >= 4 is 0 Å². The summed E-state index contributed by atoms with van der Waals surface area (Å²) in [5.74, 6) is 0. The van der Waals surface area contributed by atoms with E-state index < -0.39 is 0 Å². The number of fused-ring (bicyclic) bond motifs is 1. The lowest BCUT2D eigenvalue weighted by Gasteiger charge is -1.95. The van der Waals surface area contributed by atoms with E-state index in [1.54, 1.807) is 0 Å². The number of hydrogen-bond acceptors (Lipinski definition) is 0. The summed E-state index contributed by atoms with van der Waals surface area (Å²) in [6.45, 7) is 0. The third-order valence-corrected chi connectivity index (χ3v) is 1.54. The Hall–Kier alpha value is -1.13. The fraction of sp³-hybridized carbons (Fsp3) is 0.111. The van der Waals surface area contributed by atoms with Crippen molar-refractivity contribution in [2.24, 2.45) is 0 Å². The smallest absolute Gasteiger partial charge is 0.101 e. The van der Waals surface area contributed by atoms with Crippen LogP contribution in [-0.4, -0.2) is 0 Å². The van der Waals surface area contributed by atoms with Gasteiger partial charge in [-0.05, 0) is 0 Å². The standard InChI is InChI=1S/C9H6/c1-2-5-9-7-3-6-8(9)4-1/h1,3,5,7H,6H2. The van der Waals surface area contributed by atoms with Gasteiger partial charge in [0.25, 0.3) is 0 Å². The first-order chi connectivity index (χ1) is 4.47. The molecule has 0 fully saturated rings. The summed E-state index contributed by atoms with van der Waals surface area (Å²) in [4.78, 5) is 0. The minimum absolute atomic E-state index is 1.05. The van der Waals surface area contributed by atoms with Crippen molar-refractivity contribution in [2.45, 2.75) is 6.42 Å². The van der Waals surface area contributed by atoms with Crippen molar-refractivity contribution in [1.82, 2.24) is 0 Å². The molecule has 0 amide bonds. The van der Waals surface area contributed by atoms with Crippen LogP contribution in [0, 0.1) is 12.5 Å². The third kappa shape index (κ3) is 0.647. The van der Waals surface area contributed by atoms with Crippen LogP contribution < -0.4 is 0 Å². The van der Waals surface area contributed by atoms with Gasteiger partial charge in [0.05, 0.1) is 12.0 Å². The van der Waals surface area contributed by atoms with Gasteiger partial charge in [0.1, 0.15) is 6.08 Å². The Balaban J connectivity index is 2.52. The Morgan fingerprint density at radius 3 is 3.56 bits per heavy atom. The molecule has 0 nitrogen and oxygen atoms in total. The van der Waals surface area contributed by atoms with Crippen LogP contribution in [0.25, 0.3) is 0 Å². The number of hydrogen-bond donors (Lipinski definition) is 0. The molecule has 42 valence electrons. The molecule has 0 atom stereocenters. The lowest BCUT2D eigenvalue weighted by atomic mass is 10.1. The monoisotopic (exact) mass is 114 g/mol. The second-order valence-corrected chi connectivity index (χ2v) is 2.14. The van der Waals surface area contributed by atoms with Gasteiger partial charge >= 0.3 is 0 Å². The van der Waals surface area contributed by atoms with Crippen LogP contribution in [0.5, 0.6) is 0 Å². The van der Waals surface area contributed by atoms with E-state index in [0.29, 0.717) is 0 Å². The van der Waals surface area contributed by atoms with Crippen LogP contribution in [-0.2, 0) is 0 Å². The van der Waals surface area contributed by atoms with Gasteiger partial charge in [0.2, 0.25) is 0 Å². The average Bonchev–Trinajstić information content (AvgIpc) is 2.33. The van der Waals surface area contributed by atoms with Gasteiger partial charge in [-0.3, -0.25) is 0 Å². The molecule has 0 unspecified atom stereocenters. The zero-order valence-corrected chi connectivity index (χ0v) is 5.02. The fourth-order valence-corrected chi connectivity index (χ4v) is 1.06. The van der Waals surface area contributed by atoms with Gasteiger partial charge < -0.3 is 0 Å². The topological polar surface area (TPSA) is 0 Å². The van der Waals surface area contributed by atoms with E-state index in [-0.39, 0.29) is 0 Å². The van der Waals surface area contributed by atoms with E-state index in [0.717, 1.165) is 6.42 Å². The molecule has 2 aliphatic carbocycles. The first kappa shape index (κ1) is 4.72. The van der Waals surface area contributed by atoms with Crippen molar-refractivity contribution in [1.29, 1.82) is 0 Å². The number of allylic oxidation sites excluding steroid dienone is 5. The highest BCUT2D eigenvalue weighted by Gasteiger charge is 2.15. The molecular formula is C9H6. The normalized spacial score (nSPS) is 20.4. The summed E-state index contributed by atoms with van der Waals surface area (Å²) < 4.78 is 0. The van der Waals surface area contributed by atoms with Crippen LogP contribution in [0.2, 0.25) is 0 Å². The van der Waals surface area contributed by atoms with Gasteiger partial charge in [-0.1, -0.05) is 0 Å². The highest BCUT2D eigenvalue weighted by molar-refractivity contribution is 5.48. The summed E-state index contributed by atoms with van der Waals surface area (Å²) in [6.07, 6.45) is 12.3. The predicted molar refractivity (Wildman–Crippen MR) is 36.4 cm³/mol. The van der Waals surface area contributed by atoms with Gasteiger partial charge in [-0.15, -0.1) is 12.2 Å². The molecule has 0 heterocycles. The first-order valence-electron chi connectivity index (χ1n) is 3.04. The molecule has 0 spiro atoms. The molecule has 0 N–H and O–H groups in total. The highest BCUT2D eigenvalue weighted by Crippen LogP contribution is 2.25. The van der Waals surface area contributed by atoms with Crippen LogP contribution in [0.3, 0.4) is 0 Å². The Morgan fingerprint density at radius 1 is 1.67 bits per heavy atom. The second kappa shape index (κ2) is 1.68. The molecule has 0 aromatic carbocycles. The van der Waals surface area contributed by atoms with Crippen molar-refractivity contribution < 1.29 is 0 Å². The average molecular weight is 114 g/mol. The number of rotatable bonds is 0. The Bertz CT molecular complexity index is 245. The summed E-state index contributed by atoms with van der Waals surface area (Å²) in [7, 11) is 0. The summed E-state index contributed by atoms with van der Waals surface area (Å²) in [6, 6.07) is 0. The van der Waals surface area contributed by atoms with E-state index in [1.807, 2.05) is 12.2 Å². The van der Waals surface area contributed by atoms with E-state index in [9.17, 15) is 0 Å². The van der Waals surface area contributed by atoms with E-state index >= 15 is 0 Å². The second-order valence-electron chi connectivity index (χ2n) is 2.14. The largest absolute Gasteiger partial charge is 0.250 e. The molecule has 0 aliphatic heterocycles. The minimum atomic E-state index is 1.05. The maximum atomic E-state index is 3.13. The zero-order chi connectivity index (χ0) is 6.10. The Kier molecular flexibility index (Phi) is 0.881. The molecule has 0 saturated heterocycles.